The standard InChI is InChI=1S/C14H20N4O2S/c1-3-8-17-21(19,20)14-6-4-13(5-7-14)15-9-12-10-16-18(2)11-12/h4-7,10-11,15,17H,3,8-9H2,1-2H3. The molecule has 0 bridgehead atoms. The van der Waals surface area contributed by atoms with Crippen LogP contribution in [0.1, 0.15) is 18.9 Å². The molecule has 0 unspecified atom stereocenters. The first-order chi connectivity index (χ1) is 10.0. The second-order valence-electron chi connectivity index (χ2n) is 4.80. The van der Waals surface area contributed by atoms with E-state index in [1.807, 2.05) is 20.2 Å². The normalized spacial score (nSPS) is 11.5. The molecule has 0 aliphatic heterocycles. The van der Waals surface area contributed by atoms with Crippen molar-refractivity contribution in [2.75, 3.05) is 11.9 Å². The highest BCUT2D eigenvalue weighted by molar-refractivity contribution is 7.89. The Morgan fingerprint density at radius 2 is 1.95 bits per heavy atom. The van der Waals surface area contributed by atoms with Crippen molar-refractivity contribution in [2.45, 2.75) is 24.8 Å². The summed E-state index contributed by atoms with van der Waals surface area (Å²) >= 11 is 0. The highest BCUT2D eigenvalue weighted by atomic mass is 32.2. The minimum Gasteiger partial charge on any atom is -0.381 e. The molecule has 0 aliphatic carbocycles. The number of aromatic nitrogens is 2. The van der Waals surface area contributed by atoms with Crippen LogP contribution in [0.4, 0.5) is 5.69 Å². The number of rotatable bonds is 7. The molecule has 1 aromatic carbocycles. The second kappa shape index (κ2) is 6.73. The fourth-order valence-corrected chi connectivity index (χ4v) is 2.97. The number of hydrogen-bond donors (Lipinski definition) is 2. The van der Waals surface area contributed by atoms with Gasteiger partial charge in [0.25, 0.3) is 0 Å². The third-order valence-corrected chi connectivity index (χ3v) is 4.44. The zero-order valence-electron chi connectivity index (χ0n) is 12.2. The van der Waals surface area contributed by atoms with Gasteiger partial charge in [-0.05, 0) is 30.7 Å². The van der Waals surface area contributed by atoms with Gasteiger partial charge in [0, 0.05) is 37.6 Å². The first-order valence-electron chi connectivity index (χ1n) is 6.82. The number of benzene rings is 1. The van der Waals surface area contributed by atoms with Crippen molar-refractivity contribution >= 4 is 15.7 Å². The van der Waals surface area contributed by atoms with Gasteiger partial charge >= 0.3 is 0 Å². The van der Waals surface area contributed by atoms with Gasteiger partial charge in [-0.15, -0.1) is 0 Å². The first kappa shape index (κ1) is 15.5. The molecule has 0 fully saturated rings. The lowest BCUT2D eigenvalue weighted by Crippen LogP contribution is -2.24. The summed E-state index contributed by atoms with van der Waals surface area (Å²) in [4.78, 5) is 0.280. The summed E-state index contributed by atoms with van der Waals surface area (Å²) < 4.78 is 28.2. The number of hydrogen-bond acceptors (Lipinski definition) is 4. The predicted molar refractivity (Wildman–Crippen MR) is 82.5 cm³/mol. The van der Waals surface area contributed by atoms with Crippen molar-refractivity contribution in [3.05, 3.63) is 42.2 Å². The zero-order chi connectivity index (χ0) is 15.3. The lowest BCUT2D eigenvalue weighted by Gasteiger charge is -2.08. The van der Waals surface area contributed by atoms with Crippen molar-refractivity contribution in [3.8, 4) is 0 Å². The summed E-state index contributed by atoms with van der Waals surface area (Å²) in [5, 5.41) is 7.32. The average Bonchev–Trinajstić information content (AvgIpc) is 2.89. The van der Waals surface area contributed by atoms with Gasteiger partial charge in [0.15, 0.2) is 0 Å². The Kier molecular flexibility index (Phi) is 4.98. The number of nitrogens with one attached hydrogen (secondary N) is 2. The Balaban J connectivity index is 1.98. The lowest BCUT2D eigenvalue weighted by atomic mass is 10.3. The molecule has 0 radical (unpaired) electrons. The van der Waals surface area contributed by atoms with E-state index in [1.165, 1.54) is 0 Å². The van der Waals surface area contributed by atoms with E-state index in [0.717, 1.165) is 17.7 Å². The maximum atomic E-state index is 11.9. The number of anilines is 1. The largest absolute Gasteiger partial charge is 0.381 e. The quantitative estimate of drug-likeness (QED) is 0.816. The van der Waals surface area contributed by atoms with Gasteiger partial charge in [-0.3, -0.25) is 4.68 Å². The topological polar surface area (TPSA) is 76.0 Å². The lowest BCUT2D eigenvalue weighted by molar-refractivity contribution is 0.581. The summed E-state index contributed by atoms with van der Waals surface area (Å²) in [6, 6.07) is 6.72. The van der Waals surface area contributed by atoms with E-state index in [9.17, 15) is 8.42 Å². The Morgan fingerprint density at radius 1 is 1.24 bits per heavy atom. The van der Waals surface area contributed by atoms with Crippen molar-refractivity contribution in [3.63, 3.8) is 0 Å². The van der Waals surface area contributed by atoms with E-state index < -0.39 is 10.0 Å². The van der Waals surface area contributed by atoms with E-state index in [2.05, 4.69) is 15.1 Å². The van der Waals surface area contributed by atoms with E-state index in [1.54, 1.807) is 35.1 Å². The van der Waals surface area contributed by atoms with Crippen molar-refractivity contribution < 1.29 is 8.42 Å². The molecule has 0 saturated carbocycles. The van der Waals surface area contributed by atoms with Gasteiger partial charge in [-0.1, -0.05) is 6.92 Å². The van der Waals surface area contributed by atoms with E-state index in [-0.39, 0.29) is 4.90 Å². The SMILES string of the molecule is CCCNS(=O)(=O)c1ccc(NCc2cnn(C)c2)cc1. The molecular formula is C14H20N4O2S. The van der Waals surface area contributed by atoms with Gasteiger partial charge in [-0.25, -0.2) is 13.1 Å². The molecule has 6 nitrogen and oxygen atoms in total. The number of aryl methyl sites for hydroxylation is 1. The summed E-state index contributed by atoms with van der Waals surface area (Å²) in [5.41, 5.74) is 1.94. The van der Waals surface area contributed by atoms with E-state index in [4.69, 9.17) is 0 Å². The van der Waals surface area contributed by atoms with Gasteiger partial charge in [-0.2, -0.15) is 5.10 Å². The maximum absolute atomic E-state index is 11.9. The molecule has 2 aromatic rings. The molecular weight excluding hydrogens is 288 g/mol. The minimum absolute atomic E-state index is 0.280. The monoisotopic (exact) mass is 308 g/mol. The van der Waals surface area contributed by atoms with Crippen molar-refractivity contribution in [2.24, 2.45) is 7.05 Å². The van der Waals surface area contributed by atoms with Crippen molar-refractivity contribution in [1.82, 2.24) is 14.5 Å². The van der Waals surface area contributed by atoms with Crippen LogP contribution in [0.15, 0.2) is 41.6 Å². The summed E-state index contributed by atoms with van der Waals surface area (Å²) in [5.74, 6) is 0. The van der Waals surface area contributed by atoms with Crippen LogP contribution in [0.3, 0.4) is 0 Å². The maximum Gasteiger partial charge on any atom is 0.240 e. The Bertz CT molecular complexity index is 677. The van der Waals surface area contributed by atoms with Crippen molar-refractivity contribution in [1.29, 1.82) is 0 Å². The molecule has 114 valence electrons. The highest BCUT2D eigenvalue weighted by Gasteiger charge is 2.12. The first-order valence-corrected chi connectivity index (χ1v) is 8.30. The fraction of sp³-hybridized carbons (Fsp3) is 0.357. The van der Waals surface area contributed by atoms with Crippen LogP contribution in [-0.2, 0) is 23.6 Å². The van der Waals surface area contributed by atoms with Gasteiger partial charge < -0.3 is 5.32 Å². The molecule has 1 heterocycles. The fourth-order valence-electron chi connectivity index (χ4n) is 1.84. The Labute approximate surface area is 125 Å². The number of sulfonamides is 1. The average molecular weight is 308 g/mol. The minimum atomic E-state index is -3.39. The van der Waals surface area contributed by atoms with Gasteiger partial charge in [0.1, 0.15) is 0 Å². The summed E-state index contributed by atoms with van der Waals surface area (Å²) in [7, 11) is -1.53. The predicted octanol–water partition coefficient (Wildman–Crippen LogP) is 1.72. The van der Waals surface area contributed by atoms with Gasteiger partial charge in [0.05, 0.1) is 11.1 Å². The molecule has 7 heteroatoms. The molecule has 0 spiro atoms. The number of nitrogens with zero attached hydrogens (tertiary/aromatic N) is 2. The third kappa shape index (κ3) is 4.30. The molecule has 2 N–H and O–H groups in total. The van der Waals surface area contributed by atoms with Crippen LogP contribution < -0.4 is 10.0 Å². The summed E-state index contributed by atoms with van der Waals surface area (Å²) in [6.45, 7) is 3.02. The zero-order valence-corrected chi connectivity index (χ0v) is 13.0. The Morgan fingerprint density at radius 3 is 2.52 bits per heavy atom. The van der Waals surface area contributed by atoms with Crippen LogP contribution in [0.5, 0.6) is 0 Å². The van der Waals surface area contributed by atoms with Crippen LogP contribution in [0, 0.1) is 0 Å². The Hall–Kier alpha value is -1.86. The van der Waals surface area contributed by atoms with Crippen LogP contribution in [0.25, 0.3) is 0 Å². The molecule has 21 heavy (non-hydrogen) atoms. The molecule has 0 amide bonds. The van der Waals surface area contributed by atoms with E-state index in [0.29, 0.717) is 13.1 Å². The molecule has 1 aromatic heterocycles. The van der Waals surface area contributed by atoms with E-state index >= 15 is 0 Å². The highest BCUT2D eigenvalue weighted by Crippen LogP contribution is 2.14. The smallest absolute Gasteiger partial charge is 0.240 e. The van der Waals surface area contributed by atoms with Crippen LogP contribution in [-0.4, -0.2) is 24.7 Å². The van der Waals surface area contributed by atoms with Crippen LogP contribution in [0.2, 0.25) is 0 Å². The molecule has 0 saturated heterocycles. The second-order valence-corrected chi connectivity index (χ2v) is 6.56. The molecule has 0 atom stereocenters. The van der Waals surface area contributed by atoms with Gasteiger partial charge in [0.2, 0.25) is 10.0 Å². The third-order valence-electron chi connectivity index (χ3n) is 2.96. The van der Waals surface area contributed by atoms with Crippen LogP contribution >= 0.6 is 0 Å². The summed E-state index contributed by atoms with van der Waals surface area (Å²) in [6.07, 6.45) is 4.49. The molecule has 2 rings (SSSR count). The molecule has 0 aliphatic rings.